The largest absolute Gasteiger partial charge is 0.462 e. The normalized spacial score (nSPS) is 10.6. The second-order valence-electron chi connectivity index (χ2n) is 5.00. The van der Waals surface area contributed by atoms with Crippen LogP contribution in [0.25, 0.3) is 10.4 Å². The van der Waals surface area contributed by atoms with Gasteiger partial charge in [-0.05, 0) is 24.4 Å². The lowest BCUT2D eigenvalue weighted by Crippen LogP contribution is -2.15. The Labute approximate surface area is 167 Å². The lowest BCUT2D eigenvalue weighted by atomic mass is 10.1. The van der Waals surface area contributed by atoms with E-state index in [1.54, 1.807) is 6.92 Å². The van der Waals surface area contributed by atoms with Gasteiger partial charge in [0.15, 0.2) is 0 Å². The molecule has 0 atom stereocenters. The van der Waals surface area contributed by atoms with Gasteiger partial charge in [-0.15, -0.1) is 22.7 Å². The number of amides is 1. The molecule has 0 aromatic carbocycles. The van der Waals surface area contributed by atoms with Crippen LogP contribution in [0.15, 0.2) is 35.2 Å². The first-order valence-corrected chi connectivity index (χ1v) is 9.97. The average molecular weight is 427 g/mol. The van der Waals surface area contributed by atoms with Crippen LogP contribution in [0, 0.1) is 0 Å². The summed E-state index contributed by atoms with van der Waals surface area (Å²) in [5.41, 5.74) is 1.30. The smallest absolute Gasteiger partial charge is 0.341 e. The Balaban J connectivity index is 1.95. The zero-order chi connectivity index (χ0) is 18.7. The number of pyridine rings is 1. The van der Waals surface area contributed by atoms with E-state index in [1.807, 2.05) is 22.9 Å². The average Bonchev–Trinajstić information content (AvgIpc) is 3.26. The molecule has 0 bridgehead atoms. The zero-order valence-corrected chi connectivity index (χ0v) is 16.6. The van der Waals surface area contributed by atoms with E-state index < -0.39 is 11.9 Å². The molecule has 3 heterocycles. The molecular formula is C17H12Cl2N2O3S2. The number of hydrogen-bond donors (Lipinski definition) is 1. The Hall–Kier alpha value is -1.93. The van der Waals surface area contributed by atoms with Crippen LogP contribution in [0.3, 0.4) is 0 Å². The van der Waals surface area contributed by atoms with Gasteiger partial charge in [0, 0.05) is 22.0 Å². The number of anilines is 1. The van der Waals surface area contributed by atoms with Crippen molar-refractivity contribution < 1.29 is 14.3 Å². The van der Waals surface area contributed by atoms with Gasteiger partial charge in [-0.2, -0.15) is 0 Å². The predicted octanol–water partition coefficient (Wildman–Crippen LogP) is 5.61. The molecule has 0 fully saturated rings. The molecule has 1 amide bonds. The molecule has 0 spiro atoms. The van der Waals surface area contributed by atoms with E-state index in [4.69, 9.17) is 27.9 Å². The molecule has 3 aromatic rings. The van der Waals surface area contributed by atoms with Gasteiger partial charge in [0.25, 0.3) is 5.91 Å². The van der Waals surface area contributed by atoms with E-state index in [0.29, 0.717) is 10.6 Å². The van der Waals surface area contributed by atoms with Gasteiger partial charge in [-0.3, -0.25) is 4.79 Å². The van der Waals surface area contributed by atoms with E-state index in [0.717, 1.165) is 10.4 Å². The Bertz CT molecular complexity index is 955. The predicted molar refractivity (Wildman–Crippen MR) is 106 cm³/mol. The van der Waals surface area contributed by atoms with Crippen LogP contribution in [0.5, 0.6) is 0 Å². The molecule has 0 aliphatic carbocycles. The number of carbonyl (C=O) groups excluding carboxylic acids is 2. The number of halogens is 2. The molecule has 3 rings (SSSR count). The van der Waals surface area contributed by atoms with Crippen LogP contribution in [0.1, 0.15) is 27.6 Å². The summed E-state index contributed by atoms with van der Waals surface area (Å²) in [6, 6.07) is 5.22. The van der Waals surface area contributed by atoms with E-state index >= 15 is 0 Å². The first-order valence-electron chi connectivity index (χ1n) is 7.46. The van der Waals surface area contributed by atoms with Crippen LogP contribution in [-0.2, 0) is 4.74 Å². The summed E-state index contributed by atoms with van der Waals surface area (Å²) in [6.45, 7) is 1.97. The summed E-state index contributed by atoms with van der Waals surface area (Å²) in [5, 5.41) is 7.17. The van der Waals surface area contributed by atoms with E-state index in [1.165, 1.54) is 34.9 Å². The minimum atomic E-state index is -0.486. The number of aromatic nitrogens is 1. The number of carbonyl (C=O) groups is 2. The fourth-order valence-electron chi connectivity index (χ4n) is 2.19. The highest BCUT2D eigenvalue weighted by Gasteiger charge is 2.23. The number of thiophene rings is 2. The van der Waals surface area contributed by atoms with Crippen LogP contribution < -0.4 is 5.32 Å². The number of esters is 1. The molecular weight excluding hydrogens is 415 g/mol. The highest BCUT2D eigenvalue weighted by atomic mass is 35.5. The van der Waals surface area contributed by atoms with Crippen LogP contribution in [0.2, 0.25) is 10.2 Å². The summed E-state index contributed by atoms with van der Waals surface area (Å²) in [4.78, 5) is 29.7. The quantitative estimate of drug-likeness (QED) is 0.425. The first-order chi connectivity index (χ1) is 12.5. The van der Waals surface area contributed by atoms with Crippen molar-refractivity contribution >= 4 is 62.8 Å². The number of nitrogens with one attached hydrogen (secondary N) is 1. The van der Waals surface area contributed by atoms with Gasteiger partial charge in [-0.25, -0.2) is 9.78 Å². The van der Waals surface area contributed by atoms with Gasteiger partial charge in [-0.1, -0.05) is 29.3 Å². The Morgan fingerprint density at radius 3 is 2.77 bits per heavy atom. The standard InChI is InChI=1S/C17H12Cl2N2O3S2/c1-2-24-17(23)13-10(12-4-3-5-25-12)8-26-16(13)21-15(22)9-6-11(18)14(19)20-7-9/h3-8H,2H2,1H3,(H,21,22). The third-order valence-corrected chi connectivity index (χ3v) is 5.83. The zero-order valence-electron chi connectivity index (χ0n) is 13.4. The summed E-state index contributed by atoms with van der Waals surface area (Å²) < 4.78 is 5.16. The fourth-order valence-corrected chi connectivity index (χ4v) is 4.23. The van der Waals surface area contributed by atoms with Crippen LogP contribution >= 0.6 is 45.9 Å². The van der Waals surface area contributed by atoms with E-state index in [2.05, 4.69) is 10.3 Å². The van der Waals surface area contributed by atoms with Gasteiger partial charge < -0.3 is 10.1 Å². The van der Waals surface area contributed by atoms with Crippen molar-refractivity contribution in [1.29, 1.82) is 0 Å². The maximum Gasteiger partial charge on any atom is 0.341 e. The second-order valence-corrected chi connectivity index (χ2v) is 7.59. The SMILES string of the molecule is CCOC(=O)c1c(-c2cccs2)csc1NC(=O)c1cnc(Cl)c(Cl)c1. The Morgan fingerprint density at radius 1 is 1.31 bits per heavy atom. The molecule has 0 saturated heterocycles. The number of rotatable bonds is 5. The molecule has 0 aliphatic heterocycles. The molecule has 0 unspecified atom stereocenters. The van der Waals surface area contributed by atoms with Crippen LogP contribution in [-0.4, -0.2) is 23.5 Å². The molecule has 0 radical (unpaired) electrons. The van der Waals surface area contributed by atoms with E-state index in [9.17, 15) is 9.59 Å². The summed E-state index contributed by atoms with van der Waals surface area (Å²) in [5.74, 6) is -0.930. The van der Waals surface area contributed by atoms with Crippen molar-refractivity contribution in [2.45, 2.75) is 6.92 Å². The van der Waals surface area contributed by atoms with E-state index in [-0.39, 0.29) is 22.3 Å². The lowest BCUT2D eigenvalue weighted by molar-refractivity contribution is 0.0529. The maximum absolute atomic E-state index is 12.5. The first kappa shape index (κ1) is 18.8. The van der Waals surface area contributed by atoms with Crippen molar-refractivity contribution in [3.63, 3.8) is 0 Å². The third kappa shape index (κ3) is 3.91. The number of ether oxygens (including phenoxy) is 1. The van der Waals surface area contributed by atoms with Crippen molar-refractivity contribution in [2.24, 2.45) is 0 Å². The number of nitrogens with zero attached hydrogens (tertiary/aromatic N) is 1. The molecule has 134 valence electrons. The highest BCUT2D eigenvalue weighted by Crippen LogP contribution is 2.38. The topological polar surface area (TPSA) is 68.3 Å². The van der Waals surface area contributed by atoms with Crippen molar-refractivity contribution in [3.8, 4) is 10.4 Å². The lowest BCUT2D eigenvalue weighted by Gasteiger charge is -2.08. The summed E-state index contributed by atoms with van der Waals surface area (Å²) >= 11 is 14.4. The van der Waals surface area contributed by atoms with Crippen molar-refractivity contribution in [1.82, 2.24) is 4.98 Å². The molecule has 1 N–H and O–H groups in total. The van der Waals surface area contributed by atoms with Gasteiger partial charge in [0.2, 0.25) is 0 Å². The summed E-state index contributed by atoms with van der Waals surface area (Å²) in [6.07, 6.45) is 1.32. The maximum atomic E-state index is 12.5. The Kier molecular flexibility index (Phi) is 5.93. The molecule has 0 saturated carbocycles. The Morgan fingerprint density at radius 2 is 2.12 bits per heavy atom. The minimum absolute atomic E-state index is 0.117. The van der Waals surface area contributed by atoms with Crippen molar-refractivity contribution in [3.05, 3.63) is 56.5 Å². The molecule has 5 nitrogen and oxygen atoms in total. The summed E-state index contributed by atoms with van der Waals surface area (Å²) in [7, 11) is 0. The van der Waals surface area contributed by atoms with Gasteiger partial charge >= 0.3 is 5.97 Å². The molecule has 9 heteroatoms. The van der Waals surface area contributed by atoms with Gasteiger partial charge in [0.05, 0.1) is 17.2 Å². The van der Waals surface area contributed by atoms with Gasteiger partial charge in [0.1, 0.15) is 15.7 Å². The van der Waals surface area contributed by atoms with Crippen LogP contribution in [0.4, 0.5) is 5.00 Å². The second kappa shape index (κ2) is 8.18. The number of hydrogen-bond acceptors (Lipinski definition) is 6. The third-order valence-electron chi connectivity index (χ3n) is 3.34. The minimum Gasteiger partial charge on any atom is -0.462 e. The molecule has 26 heavy (non-hydrogen) atoms. The monoisotopic (exact) mass is 426 g/mol. The molecule has 3 aromatic heterocycles. The molecule has 0 aliphatic rings. The fraction of sp³-hybridized carbons (Fsp3) is 0.118. The highest BCUT2D eigenvalue weighted by molar-refractivity contribution is 7.17. The van der Waals surface area contributed by atoms with Crippen molar-refractivity contribution in [2.75, 3.05) is 11.9 Å².